The minimum atomic E-state index is -4.21. The van der Waals surface area contributed by atoms with Crippen molar-refractivity contribution in [2.45, 2.75) is 71.0 Å². The van der Waals surface area contributed by atoms with Gasteiger partial charge in [0, 0.05) is 18.5 Å². The predicted molar refractivity (Wildman–Crippen MR) is 190 cm³/mol. The summed E-state index contributed by atoms with van der Waals surface area (Å²) in [6, 6.07) is 25.3. The minimum Gasteiger partial charge on any atom is -0.350 e. The highest BCUT2D eigenvalue weighted by atomic mass is 35.5. The van der Waals surface area contributed by atoms with E-state index in [0.717, 1.165) is 21.0 Å². The topological polar surface area (TPSA) is 86.8 Å². The Balaban J connectivity index is 1.86. The second-order valence-corrected chi connectivity index (χ2v) is 15.5. The molecule has 0 aromatic heterocycles. The number of hydrogen-bond donors (Lipinski definition) is 1. The van der Waals surface area contributed by atoms with Crippen molar-refractivity contribution >= 4 is 50.7 Å². The third kappa shape index (κ3) is 9.37. The Kier molecular flexibility index (Phi) is 11.4. The molecule has 10 heteroatoms. The van der Waals surface area contributed by atoms with E-state index in [1.54, 1.807) is 36.4 Å². The number of nitrogens with zero attached hydrogens (tertiary/aromatic N) is 2. The Morgan fingerprint density at radius 1 is 0.787 bits per heavy atom. The number of carbonyl (C=O) groups excluding carboxylic acids is 2. The van der Waals surface area contributed by atoms with Gasteiger partial charge in [-0.15, -0.1) is 0 Å². The molecule has 4 aromatic rings. The number of aryl methyl sites for hydroxylation is 3. The molecule has 0 saturated carbocycles. The van der Waals surface area contributed by atoms with Gasteiger partial charge in [-0.2, -0.15) is 0 Å². The summed E-state index contributed by atoms with van der Waals surface area (Å²) in [7, 11) is -4.21. The van der Waals surface area contributed by atoms with Gasteiger partial charge >= 0.3 is 0 Å². The molecule has 0 radical (unpaired) electrons. The zero-order valence-electron chi connectivity index (χ0n) is 27.6. The fraction of sp³-hybridized carbons (Fsp3) is 0.297. The van der Waals surface area contributed by atoms with Crippen molar-refractivity contribution < 1.29 is 18.0 Å². The van der Waals surface area contributed by atoms with E-state index in [2.05, 4.69) is 5.32 Å². The van der Waals surface area contributed by atoms with Crippen molar-refractivity contribution in [3.63, 3.8) is 0 Å². The van der Waals surface area contributed by atoms with Gasteiger partial charge in [-0.05, 0) is 88.6 Å². The zero-order valence-corrected chi connectivity index (χ0v) is 29.9. The van der Waals surface area contributed by atoms with Crippen molar-refractivity contribution in [3.05, 3.63) is 129 Å². The van der Waals surface area contributed by atoms with Crippen LogP contribution in [0.25, 0.3) is 0 Å². The maximum Gasteiger partial charge on any atom is 0.264 e. The minimum absolute atomic E-state index is 0.0178. The fourth-order valence-corrected chi connectivity index (χ4v) is 7.08. The summed E-state index contributed by atoms with van der Waals surface area (Å²) in [6.07, 6.45) is 0.198. The smallest absolute Gasteiger partial charge is 0.264 e. The first-order chi connectivity index (χ1) is 22.0. The van der Waals surface area contributed by atoms with Crippen molar-refractivity contribution in [2.24, 2.45) is 0 Å². The van der Waals surface area contributed by atoms with E-state index in [4.69, 9.17) is 23.2 Å². The number of benzene rings is 4. The van der Waals surface area contributed by atoms with Gasteiger partial charge in [0.1, 0.15) is 12.6 Å². The Hall–Kier alpha value is -3.85. The number of rotatable bonds is 11. The van der Waals surface area contributed by atoms with Crippen LogP contribution in [-0.4, -0.2) is 43.3 Å². The molecule has 1 atom stereocenters. The molecule has 7 nitrogen and oxygen atoms in total. The second-order valence-electron chi connectivity index (χ2n) is 12.8. The number of hydrogen-bond acceptors (Lipinski definition) is 4. The molecule has 1 N–H and O–H groups in total. The number of sulfonamides is 1. The standard InChI is InChI=1S/C37H41Cl2N3O4S/c1-25-12-16-30(17-13-25)47(45,46)42(33-19-14-26(2)20-27(33)3)24-35(43)41(23-29-15-18-31(38)32(39)21-29)34(36(44)40-37(4,5)6)22-28-10-8-7-9-11-28/h7-21,34H,22-24H2,1-6H3,(H,40,44). The fourth-order valence-electron chi connectivity index (χ4n) is 5.28. The van der Waals surface area contributed by atoms with Crippen LogP contribution in [0.1, 0.15) is 48.6 Å². The summed E-state index contributed by atoms with van der Waals surface area (Å²) in [4.78, 5) is 30.2. The van der Waals surface area contributed by atoms with Crippen molar-refractivity contribution in [1.29, 1.82) is 0 Å². The SMILES string of the molecule is Cc1ccc(S(=O)(=O)N(CC(=O)N(Cc2ccc(Cl)c(Cl)c2)C(Cc2ccccc2)C(=O)NC(C)(C)C)c2ccc(C)cc2C)cc1. The van der Waals surface area contributed by atoms with Gasteiger partial charge in [-0.25, -0.2) is 8.42 Å². The van der Waals surface area contributed by atoms with Gasteiger partial charge in [-0.1, -0.05) is 95.0 Å². The molecule has 2 amide bonds. The molecule has 47 heavy (non-hydrogen) atoms. The Morgan fingerprint density at radius 2 is 1.43 bits per heavy atom. The highest BCUT2D eigenvalue weighted by Crippen LogP contribution is 2.29. The predicted octanol–water partition coefficient (Wildman–Crippen LogP) is 7.67. The van der Waals surface area contributed by atoms with Gasteiger partial charge in [0.05, 0.1) is 20.6 Å². The van der Waals surface area contributed by atoms with Crippen LogP contribution < -0.4 is 9.62 Å². The number of halogens is 2. The van der Waals surface area contributed by atoms with Crippen LogP contribution in [0, 0.1) is 20.8 Å². The van der Waals surface area contributed by atoms with E-state index in [0.29, 0.717) is 26.9 Å². The van der Waals surface area contributed by atoms with Gasteiger partial charge in [0.2, 0.25) is 11.8 Å². The van der Waals surface area contributed by atoms with Crippen LogP contribution in [-0.2, 0) is 32.6 Å². The highest BCUT2D eigenvalue weighted by molar-refractivity contribution is 7.92. The molecule has 1 unspecified atom stereocenters. The number of nitrogens with one attached hydrogen (secondary N) is 1. The molecule has 0 saturated heterocycles. The van der Waals surface area contributed by atoms with Gasteiger partial charge in [-0.3, -0.25) is 13.9 Å². The van der Waals surface area contributed by atoms with E-state index < -0.39 is 34.1 Å². The summed E-state index contributed by atoms with van der Waals surface area (Å²) in [5.74, 6) is -0.925. The molecular weight excluding hydrogens is 653 g/mol. The monoisotopic (exact) mass is 693 g/mol. The molecule has 248 valence electrons. The third-order valence-electron chi connectivity index (χ3n) is 7.62. The van der Waals surface area contributed by atoms with Gasteiger partial charge in [0.25, 0.3) is 10.0 Å². The quantitative estimate of drug-likeness (QED) is 0.175. The molecule has 4 rings (SSSR count). The molecule has 0 spiro atoms. The summed E-state index contributed by atoms with van der Waals surface area (Å²) >= 11 is 12.6. The molecule has 0 fully saturated rings. The van der Waals surface area contributed by atoms with Crippen LogP contribution in [0.2, 0.25) is 10.0 Å². The van der Waals surface area contributed by atoms with E-state index in [-0.39, 0.29) is 23.8 Å². The van der Waals surface area contributed by atoms with Crippen LogP contribution in [0.15, 0.2) is 95.9 Å². The number of carbonyl (C=O) groups is 2. The summed E-state index contributed by atoms with van der Waals surface area (Å²) in [5, 5.41) is 3.68. The maximum atomic E-state index is 14.7. The average Bonchev–Trinajstić information content (AvgIpc) is 2.99. The summed E-state index contributed by atoms with van der Waals surface area (Å²) in [6.45, 7) is 10.6. The number of amides is 2. The lowest BCUT2D eigenvalue weighted by Crippen LogP contribution is -2.56. The molecule has 0 bridgehead atoms. The van der Waals surface area contributed by atoms with Gasteiger partial charge in [0.15, 0.2) is 0 Å². The number of anilines is 1. The third-order valence-corrected chi connectivity index (χ3v) is 10.1. The van der Waals surface area contributed by atoms with Crippen LogP contribution >= 0.6 is 23.2 Å². The largest absolute Gasteiger partial charge is 0.350 e. The lowest BCUT2D eigenvalue weighted by atomic mass is 10.0. The van der Waals surface area contributed by atoms with E-state index >= 15 is 0 Å². The first-order valence-electron chi connectivity index (χ1n) is 15.3. The molecule has 4 aromatic carbocycles. The Morgan fingerprint density at radius 3 is 2.02 bits per heavy atom. The molecule has 0 heterocycles. The zero-order chi connectivity index (χ0) is 34.5. The molecule has 0 aliphatic carbocycles. The van der Waals surface area contributed by atoms with E-state index in [1.807, 2.05) is 84.0 Å². The van der Waals surface area contributed by atoms with Crippen LogP contribution in [0.3, 0.4) is 0 Å². The molecule has 0 aliphatic rings. The Labute approximate surface area is 288 Å². The van der Waals surface area contributed by atoms with Crippen LogP contribution in [0.4, 0.5) is 5.69 Å². The van der Waals surface area contributed by atoms with E-state index in [9.17, 15) is 18.0 Å². The van der Waals surface area contributed by atoms with Gasteiger partial charge < -0.3 is 10.2 Å². The lowest BCUT2D eigenvalue weighted by molar-refractivity contribution is -0.140. The first-order valence-corrected chi connectivity index (χ1v) is 17.5. The molecule has 0 aliphatic heterocycles. The molecular formula is C37H41Cl2N3O4S. The highest BCUT2D eigenvalue weighted by Gasteiger charge is 2.36. The van der Waals surface area contributed by atoms with Crippen molar-refractivity contribution in [3.8, 4) is 0 Å². The first kappa shape index (κ1) is 36.0. The van der Waals surface area contributed by atoms with Crippen LogP contribution in [0.5, 0.6) is 0 Å². The summed E-state index contributed by atoms with van der Waals surface area (Å²) in [5.41, 5.74) is 3.80. The summed E-state index contributed by atoms with van der Waals surface area (Å²) < 4.78 is 29.7. The van der Waals surface area contributed by atoms with E-state index in [1.165, 1.54) is 17.0 Å². The van der Waals surface area contributed by atoms with Crippen molar-refractivity contribution in [2.75, 3.05) is 10.8 Å². The average molecular weight is 695 g/mol. The maximum absolute atomic E-state index is 14.7. The second kappa shape index (κ2) is 14.9. The normalized spacial score (nSPS) is 12.3. The lowest BCUT2D eigenvalue weighted by Gasteiger charge is -2.35. The van der Waals surface area contributed by atoms with Crippen molar-refractivity contribution in [1.82, 2.24) is 10.2 Å². The Bertz CT molecular complexity index is 1840.